The lowest BCUT2D eigenvalue weighted by Gasteiger charge is -2.20. The normalized spacial score (nSPS) is 18.2. The minimum absolute atomic E-state index is 0.142. The van der Waals surface area contributed by atoms with Crippen LogP contribution in [-0.2, 0) is 4.79 Å². The van der Waals surface area contributed by atoms with Crippen LogP contribution >= 0.6 is 0 Å². The van der Waals surface area contributed by atoms with E-state index in [9.17, 15) is 4.79 Å². The molecule has 1 unspecified atom stereocenters. The number of fused-ring (bicyclic) bond motifs is 1. The molecule has 0 fully saturated rings. The molecule has 0 aromatic heterocycles. The van der Waals surface area contributed by atoms with Crippen LogP contribution in [0.15, 0.2) is 36.4 Å². The van der Waals surface area contributed by atoms with Crippen molar-refractivity contribution in [2.45, 2.75) is 19.6 Å². The van der Waals surface area contributed by atoms with Crippen molar-refractivity contribution in [1.29, 1.82) is 0 Å². The van der Waals surface area contributed by atoms with Crippen LogP contribution in [-0.4, -0.2) is 18.7 Å². The first-order chi connectivity index (χ1) is 8.22. The van der Waals surface area contributed by atoms with Gasteiger partial charge in [0.2, 0.25) is 5.91 Å². The van der Waals surface area contributed by atoms with E-state index < -0.39 is 0 Å². The van der Waals surface area contributed by atoms with Crippen molar-refractivity contribution in [2.24, 2.45) is 5.73 Å². The van der Waals surface area contributed by atoms with Crippen LogP contribution < -0.4 is 15.4 Å². The van der Waals surface area contributed by atoms with E-state index in [1.807, 2.05) is 30.3 Å². The number of hydrogen-bond donors (Lipinski definition) is 1. The van der Waals surface area contributed by atoms with Crippen molar-refractivity contribution in [3.8, 4) is 5.75 Å². The van der Waals surface area contributed by atoms with Crippen LogP contribution in [0.3, 0.4) is 0 Å². The first-order valence-corrected chi connectivity index (χ1v) is 5.69. The highest BCUT2D eigenvalue weighted by Crippen LogP contribution is 2.36. The van der Waals surface area contributed by atoms with E-state index in [1.165, 1.54) is 0 Å². The van der Waals surface area contributed by atoms with E-state index in [-0.39, 0.29) is 18.6 Å². The average Bonchev–Trinajstić information content (AvgIpc) is 2.66. The Balaban J connectivity index is 2.12. The molecular weight excluding hydrogens is 216 g/mol. The molecule has 1 aromatic rings. The van der Waals surface area contributed by atoms with Gasteiger partial charge in [-0.1, -0.05) is 18.2 Å². The molecule has 1 atom stereocenters. The molecule has 17 heavy (non-hydrogen) atoms. The van der Waals surface area contributed by atoms with Crippen molar-refractivity contribution in [3.05, 3.63) is 36.4 Å². The first kappa shape index (κ1) is 11.5. The van der Waals surface area contributed by atoms with E-state index in [1.54, 1.807) is 6.08 Å². The fourth-order valence-electron chi connectivity index (χ4n) is 1.92. The molecule has 0 bridgehead atoms. The number of primary amides is 1. The maximum absolute atomic E-state index is 10.7. The van der Waals surface area contributed by atoms with Gasteiger partial charge in [0.05, 0.1) is 5.69 Å². The molecule has 2 N–H and O–H groups in total. The van der Waals surface area contributed by atoms with Crippen LogP contribution in [0.5, 0.6) is 5.75 Å². The molecule has 2 rings (SSSR count). The van der Waals surface area contributed by atoms with Gasteiger partial charge in [0.1, 0.15) is 5.75 Å². The second kappa shape index (κ2) is 4.91. The zero-order valence-electron chi connectivity index (χ0n) is 9.80. The van der Waals surface area contributed by atoms with Gasteiger partial charge in [-0.05, 0) is 25.1 Å². The highest BCUT2D eigenvalue weighted by molar-refractivity contribution is 5.75. The Kier molecular flexibility index (Phi) is 3.32. The average molecular weight is 232 g/mol. The third kappa shape index (κ3) is 2.41. The first-order valence-electron chi connectivity index (χ1n) is 5.69. The lowest BCUT2D eigenvalue weighted by molar-refractivity contribution is -0.117. The molecule has 1 aliphatic rings. The number of carbonyl (C=O) groups is 1. The molecule has 0 aliphatic carbocycles. The van der Waals surface area contributed by atoms with Gasteiger partial charge in [-0.25, -0.2) is 0 Å². The minimum Gasteiger partial charge on any atom is -0.465 e. The third-order valence-corrected chi connectivity index (χ3v) is 2.69. The van der Waals surface area contributed by atoms with E-state index >= 15 is 0 Å². The van der Waals surface area contributed by atoms with Crippen LogP contribution in [0.2, 0.25) is 0 Å². The number of amides is 1. The monoisotopic (exact) mass is 232 g/mol. The minimum atomic E-state index is -0.334. The van der Waals surface area contributed by atoms with E-state index in [2.05, 4.69) is 11.8 Å². The fourth-order valence-corrected chi connectivity index (χ4v) is 1.92. The Morgan fingerprint density at radius 3 is 3.00 bits per heavy atom. The molecule has 0 saturated carbocycles. The Hall–Kier alpha value is -1.97. The van der Waals surface area contributed by atoms with E-state index in [0.29, 0.717) is 0 Å². The molecule has 4 nitrogen and oxygen atoms in total. The maximum atomic E-state index is 10.7. The Bertz CT molecular complexity index is 443. The summed E-state index contributed by atoms with van der Waals surface area (Å²) in [5.41, 5.74) is 6.17. The van der Waals surface area contributed by atoms with Gasteiger partial charge >= 0.3 is 0 Å². The summed E-state index contributed by atoms with van der Waals surface area (Å²) in [4.78, 5) is 12.8. The largest absolute Gasteiger partial charge is 0.465 e. The molecule has 1 aliphatic heterocycles. The number of carbonyl (C=O) groups excluding carboxylic acids is 1. The summed E-state index contributed by atoms with van der Waals surface area (Å²) < 4.78 is 5.78. The Labute approximate surface area is 101 Å². The smallest absolute Gasteiger partial charge is 0.221 e. The number of nitrogens with two attached hydrogens (primary N) is 1. The fraction of sp³-hybridized carbons (Fsp3) is 0.308. The molecule has 90 valence electrons. The molecule has 1 amide bonds. The topological polar surface area (TPSA) is 55.6 Å². The zero-order chi connectivity index (χ0) is 12.3. The van der Waals surface area contributed by atoms with Gasteiger partial charge in [-0.2, -0.15) is 0 Å². The predicted molar refractivity (Wildman–Crippen MR) is 66.8 cm³/mol. The van der Waals surface area contributed by atoms with Crippen molar-refractivity contribution in [1.82, 2.24) is 0 Å². The lowest BCUT2D eigenvalue weighted by Crippen LogP contribution is -2.32. The summed E-state index contributed by atoms with van der Waals surface area (Å²) in [6.07, 6.45) is 3.72. The van der Waals surface area contributed by atoms with Crippen LogP contribution in [0.25, 0.3) is 0 Å². The number of likely N-dealkylation sites (N-methyl/N-ethyl adjacent to an activating group) is 1. The highest BCUT2D eigenvalue weighted by Gasteiger charge is 2.26. The predicted octanol–water partition coefficient (Wildman–Crippen LogP) is 1.66. The maximum Gasteiger partial charge on any atom is 0.221 e. The van der Waals surface area contributed by atoms with Gasteiger partial charge in [-0.3, -0.25) is 4.79 Å². The van der Waals surface area contributed by atoms with Crippen molar-refractivity contribution >= 4 is 11.6 Å². The van der Waals surface area contributed by atoms with Gasteiger partial charge in [0, 0.05) is 13.0 Å². The quantitative estimate of drug-likeness (QED) is 0.803. The van der Waals surface area contributed by atoms with Crippen LogP contribution in [0.1, 0.15) is 13.3 Å². The van der Waals surface area contributed by atoms with Crippen molar-refractivity contribution in [3.63, 3.8) is 0 Å². The van der Waals surface area contributed by atoms with Gasteiger partial charge in [0.15, 0.2) is 6.23 Å². The zero-order valence-corrected chi connectivity index (χ0v) is 9.80. The summed E-state index contributed by atoms with van der Waals surface area (Å²) in [6.45, 7) is 2.92. The second-order valence-electron chi connectivity index (χ2n) is 3.86. The Morgan fingerprint density at radius 1 is 1.53 bits per heavy atom. The molecule has 4 heteroatoms. The standard InChI is InChI=1S/C13H16N2O2/c1-2-15-10-6-3-4-7-11(10)17-13(15)9-5-8-12(14)16/h3-7,9,13H,2,8H2,1H3,(H2,14,16)/b9-5+. The molecule has 1 heterocycles. The summed E-state index contributed by atoms with van der Waals surface area (Å²) in [5, 5.41) is 0. The molecule has 0 spiro atoms. The Morgan fingerprint density at radius 2 is 2.29 bits per heavy atom. The van der Waals surface area contributed by atoms with Crippen molar-refractivity contribution < 1.29 is 9.53 Å². The van der Waals surface area contributed by atoms with Crippen LogP contribution in [0, 0.1) is 0 Å². The summed E-state index contributed by atoms with van der Waals surface area (Å²) in [7, 11) is 0. The van der Waals surface area contributed by atoms with Crippen LogP contribution in [0.4, 0.5) is 5.69 Å². The van der Waals surface area contributed by atoms with Gasteiger partial charge in [0.25, 0.3) is 0 Å². The number of hydrogen-bond acceptors (Lipinski definition) is 3. The molecule has 0 radical (unpaired) electrons. The summed E-state index contributed by atoms with van der Waals surface area (Å²) >= 11 is 0. The number of ether oxygens (including phenoxy) is 1. The molecular formula is C13H16N2O2. The highest BCUT2D eigenvalue weighted by atomic mass is 16.5. The SMILES string of the molecule is CCN1c2ccccc2OC1/C=C/CC(N)=O. The van der Waals surface area contributed by atoms with E-state index in [0.717, 1.165) is 18.0 Å². The van der Waals surface area contributed by atoms with Gasteiger partial charge < -0.3 is 15.4 Å². The van der Waals surface area contributed by atoms with E-state index in [4.69, 9.17) is 10.5 Å². The number of anilines is 1. The number of nitrogens with zero attached hydrogens (tertiary/aromatic N) is 1. The second-order valence-corrected chi connectivity index (χ2v) is 3.86. The number of para-hydroxylation sites is 2. The summed E-state index contributed by atoms with van der Waals surface area (Å²) in [6, 6.07) is 7.91. The van der Waals surface area contributed by atoms with Gasteiger partial charge in [-0.15, -0.1) is 0 Å². The third-order valence-electron chi connectivity index (χ3n) is 2.69. The lowest BCUT2D eigenvalue weighted by atomic mass is 10.2. The summed E-state index contributed by atoms with van der Waals surface area (Å²) in [5.74, 6) is 0.544. The number of benzene rings is 1. The molecule has 1 aromatic carbocycles. The number of rotatable bonds is 4. The molecule has 0 saturated heterocycles. The van der Waals surface area contributed by atoms with Crippen molar-refractivity contribution in [2.75, 3.05) is 11.4 Å².